The highest BCUT2D eigenvalue weighted by Gasteiger charge is 2.40. The summed E-state index contributed by atoms with van der Waals surface area (Å²) in [6.45, 7) is 0. The zero-order valence-electron chi connectivity index (χ0n) is 10.3. The van der Waals surface area contributed by atoms with Crippen molar-refractivity contribution in [3.05, 3.63) is 58.0 Å². The topological polar surface area (TPSA) is 29.1 Å². The second-order valence-corrected chi connectivity index (χ2v) is 5.78. The number of thiophene rings is 1. The summed E-state index contributed by atoms with van der Waals surface area (Å²) in [6, 6.07) is 10.8. The highest BCUT2D eigenvalue weighted by Crippen LogP contribution is 2.42. The summed E-state index contributed by atoms with van der Waals surface area (Å²) in [6.07, 6.45) is 1.10. The van der Waals surface area contributed by atoms with Crippen molar-refractivity contribution in [1.82, 2.24) is 5.32 Å². The Labute approximate surface area is 115 Å². The lowest BCUT2D eigenvalue weighted by molar-refractivity contribution is -0.120. The molecule has 1 aromatic heterocycles. The Morgan fingerprint density at radius 3 is 2.89 bits per heavy atom. The third-order valence-corrected chi connectivity index (χ3v) is 4.36. The van der Waals surface area contributed by atoms with E-state index < -0.39 is 0 Å². The fourth-order valence-electron chi connectivity index (χ4n) is 2.24. The fourth-order valence-corrected chi connectivity index (χ4v) is 3.15. The fraction of sp³-hybridized carbons (Fsp3) is 0.267. The molecule has 2 aromatic rings. The van der Waals surface area contributed by atoms with Crippen LogP contribution in [0.15, 0.2) is 41.8 Å². The average molecular weight is 275 g/mol. The number of carbonyl (C=O) groups excluding carboxylic acids is 1. The largest absolute Gasteiger partial charge is 0.352 e. The lowest BCUT2D eigenvalue weighted by Gasteiger charge is -2.05. The maximum Gasteiger partial charge on any atom is 0.224 e. The standard InChI is InChI=1S/C15H14FNOS/c16-12-5-2-1-4-10(12)8-15(18)17-13-9-11(13)14-6-3-7-19-14/h1-7,11,13H,8-9H2,(H,17,18). The van der Waals surface area contributed by atoms with Crippen molar-refractivity contribution in [2.24, 2.45) is 0 Å². The molecule has 0 aliphatic heterocycles. The minimum Gasteiger partial charge on any atom is -0.352 e. The van der Waals surface area contributed by atoms with Gasteiger partial charge >= 0.3 is 0 Å². The summed E-state index contributed by atoms with van der Waals surface area (Å²) in [5, 5.41) is 5.02. The molecular weight excluding hydrogens is 261 g/mol. The van der Waals surface area contributed by atoms with E-state index in [2.05, 4.69) is 11.4 Å². The molecule has 0 bridgehead atoms. The average Bonchev–Trinajstić information content (AvgIpc) is 2.94. The first-order chi connectivity index (χ1) is 9.24. The first-order valence-electron chi connectivity index (χ1n) is 6.30. The van der Waals surface area contributed by atoms with Gasteiger partial charge in [0.2, 0.25) is 5.91 Å². The van der Waals surface area contributed by atoms with Crippen LogP contribution in [0, 0.1) is 5.82 Å². The molecule has 1 aliphatic carbocycles. The molecule has 19 heavy (non-hydrogen) atoms. The monoisotopic (exact) mass is 275 g/mol. The molecule has 1 aromatic carbocycles. The SMILES string of the molecule is O=C(Cc1ccccc1F)NC1CC1c1cccs1. The summed E-state index contributed by atoms with van der Waals surface area (Å²) >= 11 is 1.72. The quantitative estimate of drug-likeness (QED) is 0.912. The van der Waals surface area contributed by atoms with Crippen molar-refractivity contribution in [1.29, 1.82) is 0 Å². The van der Waals surface area contributed by atoms with Crippen LogP contribution >= 0.6 is 11.3 Å². The number of amides is 1. The molecule has 98 valence electrons. The van der Waals surface area contributed by atoms with E-state index in [0.29, 0.717) is 11.5 Å². The molecule has 2 nitrogen and oxygen atoms in total. The van der Waals surface area contributed by atoms with Gasteiger partial charge in [-0.3, -0.25) is 4.79 Å². The summed E-state index contributed by atoms with van der Waals surface area (Å²) in [7, 11) is 0. The van der Waals surface area contributed by atoms with Crippen molar-refractivity contribution in [3.63, 3.8) is 0 Å². The maximum absolute atomic E-state index is 13.4. The second-order valence-electron chi connectivity index (χ2n) is 4.80. The number of nitrogens with one attached hydrogen (secondary N) is 1. The Kier molecular flexibility index (Phi) is 3.34. The van der Waals surface area contributed by atoms with Crippen LogP contribution in [0.3, 0.4) is 0 Å². The second kappa shape index (κ2) is 5.13. The number of halogens is 1. The van der Waals surface area contributed by atoms with Gasteiger partial charge in [0.25, 0.3) is 0 Å². The molecule has 2 unspecified atom stereocenters. The van der Waals surface area contributed by atoms with Crippen LogP contribution in [-0.4, -0.2) is 11.9 Å². The van der Waals surface area contributed by atoms with Crippen molar-refractivity contribution >= 4 is 17.2 Å². The molecule has 0 saturated heterocycles. The maximum atomic E-state index is 13.4. The van der Waals surface area contributed by atoms with Crippen molar-refractivity contribution in [3.8, 4) is 0 Å². The van der Waals surface area contributed by atoms with E-state index in [4.69, 9.17) is 0 Å². The van der Waals surface area contributed by atoms with Gasteiger partial charge in [-0.25, -0.2) is 4.39 Å². The molecule has 4 heteroatoms. The summed E-state index contributed by atoms with van der Waals surface area (Å²) in [4.78, 5) is 13.2. The Bertz CT molecular complexity index is 582. The first kappa shape index (κ1) is 12.4. The lowest BCUT2D eigenvalue weighted by Crippen LogP contribution is -2.28. The summed E-state index contributed by atoms with van der Waals surface area (Å²) in [5.74, 6) is 0.0296. The minimum absolute atomic E-state index is 0.103. The smallest absolute Gasteiger partial charge is 0.224 e. The molecule has 2 atom stereocenters. The molecule has 1 N–H and O–H groups in total. The van der Waals surface area contributed by atoms with Gasteiger partial charge in [0, 0.05) is 16.8 Å². The third kappa shape index (κ3) is 2.84. The summed E-state index contributed by atoms with van der Waals surface area (Å²) < 4.78 is 13.4. The molecule has 0 radical (unpaired) electrons. The predicted octanol–water partition coefficient (Wildman–Crippen LogP) is 3.10. The number of benzene rings is 1. The van der Waals surface area contributed by atoms with Gasteiger partial charge in [0.15, 0.2) is 0 Å². The van der Waals surface area contributed by atoms with Crippen LogP contribution in [0.2, 0.25) is 0 Å². The molecule has 0 spiro atoms. The number of carbonyl (C=O) groups is 1. The van der Waals surface area contributed by atoms with Gasteiger partial charge in [0.05, 0.1) is 6.42 Å². The Balaban J connectivity index is 1.55. The van der Waals surface area contributed by atoms with E-state index in [9.17, 15) is 9.18 Å². The molecule has 1 saturated carbocycles. The van der Waals surface area contributed by atoms with E-state index >= 15 is 0 Å². The van der Waals surface area contributed by atoms with Crippen LogP contribution in [0.25, 0.3) is 0 Å². The van der Waals surface area contributed by atoms with Crippen molar-refractivity contribution in [2.75, 3.05) is 0 Å². The third-order valence-electron chi connectivity index (χ3n) is 3.35. The normalized spacial score (nSPS) is 21.1. The van der Waals surface area contributed by atoms with E-state index in [1.165, 1.54) is 10.9 Å². The van der Waals surface area contributed by atoms with Gasteiger partial charge in [-0.05, 0) is 29.5 Å². The van der Waals surface area contributed by atoms with Gasteiger partial charge in [-0.1, -0.05) is 24.3 Å². The van der Waals surface area contributed by atoms with Gasteiger partial charge in [-0.2, -0.15) is 0 Å². The van der Waals surface area contributed by atoms with E-state index in [1.54, 1.807) is 29.5 Å². The van der Waals surface area contributed by atoms with E-state index in [0.717, 1.165) is 6.42 Å². The van der Waals surface area contributed by atoms with Crippen LogP contribution in [0.1, 0.15) is 22.8 Å². The Hall–Kier alpha value is -1.68. The number of hydrogen-bond acceptors (Lipinski definition) is 2. The highest BCUT2D eigenvalue weighted by molar-refractivity contribution is 7.10. The van der Waals surface area contributed by atoms with Crippen LogP contribution < -0.4 is 5.32 Å². The molecular formula is C15H14FNOS. The summed E-state index contributed by atoms with van der Waals surface area (Å²) in [5.41, 5.74) is 0.452. The number of hydrogen-bond donors (Lipinski definition) is 1. The predicted molar refractivity (Wildman–Crippen MR) is 73.7 cm³/mol. The Morgan fingerprint density at radius 1 is 1.32 bits per heavy atom. The molecule has 1 heterocycles. The minimum atomic E-state index is -0.316. The van der Waals surface area contributed by atoms with E-state index in [-0.39, 0.29) is 24.2 Å². The molecule has 1 aliphatic rings. The van der Waals surface area contributed by atoms with Crippen LogP contribution in [0.5, 0.6) is 0 Å². The molecule has 1 fully saturated rings. The lowest BCUT2D eigenvalue weighted by atomic mass is 10.1. The molecule has 3 rings (SSSR count). The van der Waals surface area contributed by atoms with Gasteiger partial charge in [0.1, 0.15) is 5.82 Å². The van der Waals surface area contributed by atoms with Gasteiger partial charge in [-0.15, -0.1) is 11.3 Å². The van der Waals surface area contributed by atoms with Crippen molar-refractivity contribution < 1.29 is 9.18 Å². The first-order valence-corrected chi connectivity index (χ1v) is 7.18. The Morgan fingerprint density at radius 2 is 2.16 bits per heavy atom. The van der Waals surface area contributed by atoms with Gasteiger partial charge < -0.3 is 5.32 Å². The molecule has 1 amide bonds. The zero-order chi connectivity index (χ0) is 13.2. The highest BCUT2D eigenvalue weighted by atomic mass is 32.1. The van der Waals surface area contributed by atoms with Crippen LogP contribution in [0.4, 0.5) is 4.39 Å². The zero-order valence-corrected chi connectivity index (χ0v) is 11.1. The van der Waals surface area contributed by atoms with Crippen LogP contribution in [-0.2, 0) is 11.2 Å². The van der Waals surface area contributed by atoms with E-state index in [1.807, 2.05) is 11.4 Å². The number of rotatable bonds is 4. The van der Waals surface area contributed by atoms with Crippen molar-refractivity contribution in [2.45, 2.75) is 24.8 Å².